The lowest BCUT2D eigenvalue weighted by atomic mass is 10.1. The molecule has 0 saturated carbocycles. The zero-order valence-electron chi connectivity index (χ0n) is 16.4. The number of pyridine rings is 2. The highest BCUT2D eigenvalue weighted by Crippen LogP contribution is 2.30. The fourth-order valence-corrected chi connectivity index (χ4v) is 3.31. The van der Waals surface area contributed by atoms with Crippen LogP contribution in [0, 0.1) is 0 Å². The van der Waals surface area contributed by atoms with Crippen molar-refractivity contribution < 1.29 is 23.1 Å². The highest BCUT2D eigenvalue weighted by Gasteiger charge is 2.38. The zero-order valence-corrected chi connectivity index (χ0v) is 17.3. The molecule has 0 radical (unpaired) electrons. The molecule has 0 spiro atoms. The van der Waals surface area contributed by atoms with E-state index in [1.165, 1.54) is 22.7 Å². The van der Waals surface area contributed by atoms with E-state index in [-0.39, 0.29) is 0 Å². The number of aliphatic carboxylic acids is 1. The van der Waals surface area contributed by atoms with Crippen molar-refractivity contribution in [2.75, 3.05) is 24.3 Å². The van der Waals surface area contributed by atoms with Gasteiger partial charge in [0.25, 0.3) is 0 Å². The maximum absolute atomic E-state index is 10.6. The monoisotopic (exact) mass is 453 g/mol. The summed E-state index contributed by atoms with van der Waals surface area (Å²) in [6.45, 7) is 1.69. The van der Waals surface area contributed by atoms with Crippen LogP contribution in [0.4, 0.5) is 29.8 Å². The van der Waals surface area contributed by atoms with Gasteiger partial charge in [0.1, 0.15) is 5.69 Å². The van der Waals surface area contributed by atoms with E-state index in [1.54, 1.807) is 6.20 Å². The molecule has 3 aromatic heterocycles. The van der Waals surface area contributed by atoms with Crippen molar-refractivity contribution in [3.63, 3.8) is 0 Å². The molecule has 3 aromatic rings. The number of carboxylic acid groups (broad SMARTS) is 1. The Morgan fingerprint density at radius 1 is 1.23 bits per heavy atom. The summed E-state index contributed by atoms with van der Waals surface area (Å²) in [4.78, 5) is 24.4. The van der Waals surface area contributed by atoms with Crippen molar-refractivity contribution in [3.8, 4) is 11.5 Å². The van der Waals surface area contributed by atoms with E-state index >= 15 is 0 Å². The molecule has 0 saturated heterocycles. The highest BCUT2D eigenvalue weighted by atomic mass is 32.1. The lowest BCUT2D eigenvalue weighted by molar-refractivity contribution is -0.192. The summed E-state index contributed by atoms with van der Waals surface area (Å²) in [6.07, 6.45) is -1.51. The first-order chi connectivity index (χ1) is 14.7. The van der Waals surface area contributed by atoms with Crippen LogP contribution in [-0.4, -0.2) is 50.7 Å². The topological polar surface area (TPSA) is 116 Å². The van der Waals surface area contributed by atoms with Gasteiger partial charge in [-0.25, -0.2) is 9.78 Å². The molecule has 31 heavy (non-hydrogen) atoms. The number of hydrogen-bond acceptors (Lipinski definition) is 9. The van der Waals surface area contributed by atoms with Crippen molar-refractivity contribution in [3.05, 3.63) is 41.7 Å². The second-order valence-corrected chi connectivity index (χ2v) is 7.27. The van der Waals surface area contributed by atoms with Gasteiger partial charge in [0.2, 0.25) is 5.13 Å². The van der Waals surface area contributed by atoms with E-state index in [0.29, 0.717) is 11.0 Å². The predicted molar refractivity (Wildman–Crippen MR) is 109 cm³/mol. The molecular formula is C18H18F3N7O2S. The van der Waals surface area contributed by atoms with Gasteiger partial charge in [0.05, 0.1) is 5.69 Å². The Bertz CT molecular complexity index is 1070. The van der Waals surface area contributed by atoms with Crippen LogP contribution >= 0.6 is 11.5 Å². The van der Waals surface area contributed by atoms with Crippen LogP contribution in [0.3, 0.4) is 0 Å². The number of nitrogens with one attached hydrogen (secondary N) is 2. The van der Waals surface area contributed by atoms with Crippen LogP contribution < -0.4 is 15.5 Å². The average molecular weight is 453 g/mol. The van der Waals surface area contributed by atoms with E-state index in [0.717, 1.165) is 30.3 Å². The van der Waals surface area contributed by atoms with Crippen molar-refractivity contribution in [1.82, 2.24) is 24.6 Å². The Balaban J connectivity index is 0.000000339. The number of alkyl halides is 3. The molecule has 9 nitrogen and oxygen atoms in total. The molecule has 0 bridgehead atoms. The lowest BCUT2D eigenvalue weighted by Crippen LogP contribution is -2.21. The molecule has 13 heteroatoms. The number of nitrogens with zero attached hydrogens (tertiary/aromatic N) is 5. The first kappa shape index (κ1) is 22.4. The molecule has 0 fully saturated rings. The summed E-state index contributed by atoms with van der Waals surface area (Å²) in [7, 11) is 3.97. The number of rotatable bonds is 4. The quantitative estimate of drug-likeness (QED) is 0.548. The van der Waals surface area contributed by atoms with Crippen LogP contribution in [0.15, 0.2) is 30.6 Å². The maximum Gasteiger partial charge on any atom is 0.490 e. The smallest absolute Gasteiger partial charge is 0.475 e. The van der Waals surface area contributed by atoms with Crippen molar-refractivity contribution in [2.24, 2.45) is 0 Å². The second kappa shape index (κ2) is 9.22. The highest BCUT2D eigenvalue weighted by molar-refractivity contribution is 7.09. The number of hydrogen-bond donors (Lipinski definition) is 3. The third-order valence-corrected chi connectivity index (χ3v) is 4.77. The second-order valence-electron chi connectivity index (χ2n) is 6.52. The van der Waals surface area contributed by atoms with Crippen molar-refractivity contribution >= 4 is 34.1 Å². The number of carbonyl (C=O) groups is 1. The fraction of sp³-hybridized carbons (Fsp3) is 0.278. The first-order valence-corrected chi connectivity index (χ1v) is 9.65. The molecule has 4 rings (SSSR count). The van der Waals surface area contributed by atoms with Gasteiger partial charge in [0.15, 0.2) is 11.6 Å². The molecule has 0 amide bonds. The summed E-state index contributed by atoms with van der Waals surface area (Å²) < 4.78 is 36.2. The summed E-state index contributed by atoms with van der Waals surface area (Å²) in [5, 5.41) is 14.4. The summed E-state index contributed by atoms with van der Waals surface area (Å²) in [6, 6.07) is 5.96. The molecule has 0 atom stereocenters. The number of fused-ring (bicyclic) bond motifs is 1. The number of anilines is 3. The SMILES string of the molecule is CN(C)c1cccnc1Nc1nc(-c2nccc3c2CNC3)ns1.O=C(O)C(F)(F)F. The van der Waals surface area contributed by atoms with Crippen LogP contribution in [0.25, 0.3) is 11.5 Å². The Morgan fingerprint density at radius 2 is 1.97 bits per heavy atom. The summed E-state index contributed by atoms with van der Waals surface area (Å²) in [5.41, 5.74) is 4.31. The molecule has 0 aliphatic carbocycles. The van der Waals surface area contributed by atoms with E-state index in [2.05, 4.69) is 30.0 Å². The minimum absolute atomic E-state index is 0.658. The summed E-state index contributed by atoms with van der Waals surface area (Å²) >= 11 is 1.31. The number of carboxylic acids is 1. The molecule has 0 unspecified atom stereocenters. The Kier molecular flexibility index (Phi) is 6.65. The van der Waals surface area contributed by atoms with Crippen LogP contribution in [0.5, 0.6) is 0 Å². The largest absolute Gasteiger partial charge is 0.490 e. The van der Waals surface area contributed by atoms with Crippen LogP contribution in [0.2, 0.25) is 0 Å². The normalized spacial score (nSPS) is 12.5. The minimum atomic E-state index is -5.08. The van der Waals surface area contributed by atoms with Gasteiger partial charge in [-0.15, -0.1) is 0 Å². The molecule has 1 aliphatic heterocycles. The minimum Gasteiger partial charge on any atom is -0.475 e. The van der Waals surface area contributed by atoms with Gasteiger partial charge >= 0.3 is 12.1 Å². The van der Waals surface area contributed by atoms with Gasteiger partial charge in [0, 0.05) is 56.7 Å². The molecule has 1 aliphatic rings. The van der Waals surface area contributed by atoms with Gasteiger partial charge in [-0.2, -0.15) is 22.5 Å². The predicted octanol–water partition coefficient (Wildman–Crippen LogP) is 3.04. The summed E-state index contributed by atoms with van der Waals surface area (Å²) in [5.74, 6) is -1.34. The van der Waals surface area contributed by atoms with Crippen molar-refractivity contribution in [1.29, 1.82) is 0 Å². The van der Waals surface area contributed by atoms with Crippen molar-refractivity contribution in [2.45, 2.75) is 19.3 Å². The van der Waals surface area contributed by atoms with E-state index < -0.39 is 12.1 Å². The third-order valence-electron chi connectivity index (χ3n) is 4.14. The maximum atomic E-state index is 10.6. The zero-order chi connectivity index (χ0) is 22.6. The Hall–Kier alpha value is -3.32. The molecule has 3 N–H and O–H groups in total. The van der Waals surface area contributed by atoms with Gasteiger partial charge in [-0.3, -0.25) is 4.98 Å². The molecule has 0 aromatic carbocycles. The molecule has 164 valence electrons. The Morgan fingerprint density at radius 3 is 2.65 bits per heavy atom. The Labute approximate surface area is 179 Å². The lowest BCUT2D eigenvalue weighted by Gasteiger charge is -2.15. The van der Waals surface area contributed by atoms with Gasteiger partial charge < -0.3 is 20.6 Å². The molecule has 4 heterocycles. The standard InChI is InChI=1S/C16H17N7S.C2HF3O2/c1-23(2)12-4-3-6-19-14(12)20-16-21-15(22-24-16)13-11-9-17-8-10(11)5-7-18-13;3-2(4,5)1(6)7/h3-7,17H,8-9H2,1-2H3,(H,19,20,21,22);(H,6,7). The molecular weight excluding hydrogens is 435 g/mol. The number of halogens is 3. The van der Waals surface area contributed by atoms with E-state index in [1.807, 2.05) is 43.4 Å². The average Bonchev–Trinajstić information content (AvgIpc) is 3.37. The third kappa shape index (κ3) is 5.44. The van der Waals surface area contributed by atoms with E-state index in [9.17, 15) is 13.2 Å². The number of aromatic nitrogens is 4. The van der Waals surface area contributed by atoms with E-state index in [4.69, 9.17) is 9.90 Å². The van der Waals surface area contributed by atoms with Gasteiger partial charge in [-0.05, 0) is 23.8 Å². The van der Waals surface area contributed by atoms with Crippen LogP contribution in [0.1, 0.15) is 11.1 Å². The van der Waals surface area contributed by atoms with Gasteiger partial charge in [-0.1, -0.05) is 0 Å². The first-order valence-electron chi connectivity index (χ1n) is 8.88. The van der Waals surface area contributed by atoms with Crippen LogP contribution in [-0.2, 0) is 17.9 Å². The fourth-order valence-electron chi connectivity index (χ4n) is 2.74.